The first kappa shape index (κ1) is 18.6. The molecule has 0 unspecified atom stereocenters. The van der Waals surface area contributed by atoms with Crippen molar-refractivity contribution in [3.63, 3.8) is 0 Å². The Balaban J connectivity index is 0.000000701. The highest BCUT2D eigenvalue weighted by atomic mass is 35.5. The molecule has 0 saturated heterocycles. The summed E-state index contributed by atoms with van der Waals surface area (Å²) in [6, 6.07) is 9.16. The Morgan fingerprint density at radius 1 is 1.32 bits per heavy atom. The number of nitrogens with zero attached hydrogens (tertiary/aromatic N) is 4. The summed E-state index contributed by atoms with van der Waals surface area (Å²) in [4.78, 5) is 12.7. The Morgan fingerprint density at radius 2 is 2.00 bits per heavy atom. The van der Waals surface area contributed by atoms with E-state index >= 15 is 0 Å². The predicted molar refractivity (Wildman–Crippen MR) is 91.1 cm³/mol. The maximum absolute atomic E-state index is 8.96. The standard InChI is InChI=1S/C15H15ClN4O2.CH2O2/c1-10-17-15(20(18-10)7-2-8-21)13-9-14(22-19-13)11-3-5-12(16)6-4-11;2-1-3/h3-6,9,21H,2,7-8H2,1H3;1H,(H,2,3). The minimum atomic E-state index is -0.250. The number of carboxylic acid groups (broad SMARTS) is 1. The molecule has 0 fully saturated rings. The summed E-state index contributed by atoms with van der Waals surface area (Å²) in [5.74, 6) is 1.93. The van der Waals surface area contributed by atoms with Gasteiger partial charge in [-0.3, -0.25) is 4.79 Å². The van der Waals surface area contributed by atoms with Crippen LogP contribution >= 0.6 is 11.6 Å². The van der Waals surface area contributed by atoms with Gasteiger partial charge in [0.25, 0.3) is 6.47 Å². The summed E-state index contributed by atoms with van der Waals surface area (Å²) in [7, 11) is 0. The van der Waals surface area contributed by atoms with Crippen molar-refractivity contribution >= 4 is 18.1 Å². The fraction of sp³-hybridized carbons (Fsp3) is 0.250. The molecule has 25 heavy (non-hydrogen) atoms. The molecule has 9 heteroatoms. The molecule has 8 nitrogen and oxygen atoms in total. The van der Waals surface area contributed by atoms with Crippen molar-refractivity contribution in [2.75, 3.05) is 6.61 Å². The van der Waals surface area contributed by atoms with Gasteiger partial charge in [-0.2, -0.15) is 5.10 Å². The first-order valence-corrected chi connectivity index (χ1v) is 7.80. The highest BCUT2D eigenvalue weighted by Gasteiger charge is 2.15. The van der Waals surface area contributed by atoms with Gasteiger partial charge in [0.05, 0.1) is 0 Å². The molecule has 3 aromatic rings. The molecule has 0 amide bonds. The lowest BCUT2D eigenvalue weighted by atomic mass is 10.1. The van der Waals surface area contributed by atoms with Gasteiger partial charge in [0.15, 0.2) is 17.3 Å². The van der Waals surface area contributed by atoms with Gasteiger partial charge in [0.2, 0.25) is 0 Å². The third-order valence-electron chi connectivity index (χ3n) is 3.17. The van der Waals surface area contributed by atoms with Gasteiger partial charge in [0, 0.05) is 29.8 Å². The molecule has 2 aromatic heterocycles. The number of aliphatic hydroxyl groups is 1. The number of benzene rings is 1. The van der Waals surface area contributed by atoms with Crippen LogP contribution in [0.25, 0.3) is 22.8 Å². The second-order valence-corrected chi connectivity index (χ2v) is 5.41. The molecule has 1 aromatic carbocycles. The van der Waals surface area contributed by atoms with Crippen LogP contribution in [0.15, 0.2) is 34.9 Å². The molecule has 0 atom stereocenters. The Hall–Kier alpha value is -2.71. The van der Waals surface area contributed by atoms with Crippen molar-refractivity contribution in [2.45, 2.75) is 19.9 Å². The van der Waals surface area contributed by atoms with Gasteiger partial charge < -0.3 is 14.7 Å². The predicted octanol–water partition coefficient (Wildman–Crippen LogP) is 2.65. The van der Waals surface area contributed by atoms with E-state index in [9.17, 15) is 0 Å². The maximum atomic E-state index is 8.96. The van der Waals surface area contributed by atoms with E-state index in [-0.39, 0.29) is 13.1 Å². The zero-order valence-corrected chi connectivity index (χ0v) is 14.2. The van der Waals surface area contributed by atoms with Crippen LogP contribution in [0.3, 0.4) is 0 Å². The van der Waals surface area contributed by atoms with Crippen molar-refractivity contribution in [2.24, 2.45) is 0 Å². The Labute approximate surface area is 148 Å². The summed E-state index contributed by atoms with van der Waals surface area (Å²) < 4.78 is 7.12. The number of aliphatic hydroxyl groups excluding tert-OH is 1. The van der Waals surface area contributed by atoms with Crippen LogP contribution in [-0.4, -0.2) is 43.2 Å². The first-order valence-electron chi connectivity index (χ1n) is 7.42. The Morgan fingerprint density at radius 3 is 2.64 bits per heavy atom. The molecule has 132 valence electrons. The third kappa shape index (κ3) is 4.88. The molecule has 0 aliphatic heterocycles. The number of aryl methyl sites for hydroxylation is 2. The molecule has 0 aliphatic rings. The lowest BCUT2D eigenvalue weighted by molar-refractivity contribution is -0.122. The lowest BCUT2D eigenvalue weighted by Gasteiger charge is -2.01. The second kappa shape index (κ2) is 8.95. The van der Waals surface area contributed by atoms with E-state index in [0.717, 1.165) is 5.56 Å². The van der Waals surface area contributed by atoms with Gasteiger partial charge >= 0.3 is 0 Å². The first-order chi connectivity index (χ1) is 12.1. The van der Waals surface area contributed by atoms with Crippen LogP contribution in [-0.2, 0) is 11.3 Å². The summed E-state index contributed by atoms with van der Waals surface area (Å²) in [5, 5.41) is 24.9. The molecule has 0 bridgehead atoms. The van der Waals surface area contributed by atoms with Crippen molar-refractivity contribution in [3.05, 3.63) is 41.2 Å². The molecule has 2 heterocycles. The molecule has 0 aliphatic carbocycles. The van der Waals surface area contributed by atoms with Crippen LogP contribution in [0.5, 0.6) is 0 Å². The molecule has 2 N–H and O–H groups in total. The van der Waals surface area contributed by atoms with E-state index in [1.54, 1.807) is 16.8 Å². The fourth-order valence-corrected chi connectivity index (χ4v) is 2.28. The number of aromatic nitrogens is 4. The minimum absolute atomic E-state index is 0.104. The molecule has 0 saturated carbocycles. The Bertz CT molecular complexity index is 814. The molecule has 0 radical (unpaired) electrons. The van der Waals surface area contributed by atoms with Gasteiger partial charge in [-0.05, 0) is 37.6 Å². The molecular weight excluding hydrogens is 348 g/mol. The van der Waals surface area contributed by atoms with Crippen LogP contribution in [0.4, 0.5) is 0 Å². The maximum Gasteiger partial charge on any atom is 0.290 e. The van der Waals surface area contributed by atoms with Crippen LogP contribution < -0.4 is 0 Å². The van der Waals surface area contributed by atoms with Gasteiger partial charge in [-0.15, -0.1) is 0 Å². The van der Waals surface area contributed by atoms with Crippen LogP contribution in [0.2, 0.25) is 5.02 Å². The van der Waals surface area contributed by atoms with Gasteiger partial charge in [0.1, 0.15) is 5.82 Å². The van der Waals surface area contributed by atoms with Crippen LogP contribution in [0.1, 0.15) is 12.2 Å². The number of hydrogen-bond acceptors (Lipinski definition) is 6. The van der Waals surface area contributed by atoms with Gasteiger partial charge in [-0.1, -0.05) is 16.8 Å². The zero-order chi connectivity index (χ0) is 18.2. The SMILES string of the molecule is Cc1nc(-c2cc(-c3ccc(Cl)cc3)on2)n(CCCO)n1.O=CO. The third-order valence-corrected chi connectivity index (χ3v) is 3.43. The van der Waals surface area contributed by atoms with Crippen molar-refractivity contribution in [1.82, 2.24) is 19.9 Å². The van der Waals surface area contributed by atoms with E-state index in [1.807, 2.05) is 25.1 Å². The summed E-state index contributed by atoms with van der Waals surface area (Å²) in [5.41, 5.74) is 1.50. The number of hydrogen-bond donors (Lipinski definition) is 2. The highest BCUT2D eigenvalue weighted by Crippen LogP contribution is 2.26. The number of carbonyl (C=O) groups is 1. The minimum Gasteiger partial charge on any atom is -0.483 e. The summed E-state index contributed by atoms with van der Waals surface area (Å²) >= 11 is 5.88. The Kier molecular flexibility index (Phi) is 6.67. The lowest BCUT2D eigenvalue weighted by Crippen LogP contribution is -2.04. The van der Waals surface area contributed by atoms with E-state index in [4.69, 9.17) is 31.1 Å². The number of rotatable bonds is 5. The van der Waals surface area contributed by atoms with E-state index in [2.05, 4.69) is 15.2 Å². The van der Waals surface area contributed by atoms with Crippen molar-refractivity contribution in [1.29, 1.82) is 0 Å². The van der Waals surface area contributed by atoms with E-state index in [1.165, 1.54) is 0 Å². The smallest absolute Gasteiger partial charge is 0.290 e. The largest absolute Gasteiger partial charge is 0.483 e. The summed E-state index contributed by atoms with van der Waals surface area (Å²) in [6.07, 6.45) is 0.609. The molecule has 3 rings (SSSR count). The number of halogens is 1. The average molecular weight is 365 g/mol. The molecular formula is C16H17ClN4O4. The highest BCUT2D eigenvalue weighted by molar-refractivity contribution is 6.30. The van der Waals surface area contributed by atoms with E-state index < -0.39 is 0 Å². The van der Waals surface area contributed by atoms with E-state index in [0.29, 0.717) is 41.1 Å². The second-order valence-electron chi connectivity index (χ2n) is 4.97. The summed E-state index contributed by atoms with van der Waals surface area (Å²) in [6.45, 7) is 2.25. The van der Waals surface area contributed by atoms with Crippen molar-refractivity contribution in [3.8, 4) is 22.8 Å². The van der Waals surface area contributed by atoms with Crippen molar-refractivity contribution < 1.29 is 19.5 Å². The quantitative estimate of drug-likeness (QED) is 0.669. The zero-order valence-electron chi connectivity index (χ0n) is 13.5. The topological polar surface area (TPSA) is 114 Å². The fourth-order valence-electron chi connectivity index (χ4n) is 2.15. The van der Waals surface area contributed by atoms with Crippen LogP contribution in [0, 0.1) is 6.92 Å². The normalized spacial score (nSPS) is 10.2. The molecule has 0 spiro atoms. The monoisotopic (exact) mass is 364 g/mol. The average Bonchev–Trinajstić information content (AvgIpc) is 3.21. The van der Waals surface area contributed by atoms with Gasteiger partial charge in [-0.25, -0.2) is 9.67 Å².